The predicted molar refractivity (Wildman–Crippen MR) is 79.6 cm³/mol. The maximum atomic E-state index is 13.9. The number of benzene rings is 1. The second-order valence-corrected chi connectivity index (χ2v) is 6.34. The minimum absolute atomic E-state index is 0.0313. The summed E-state index contributed by atoms with van der Waals surface area (Å²) in [5, 5.41) is 14.9. The monoisotopic (exact) mass is 291 g/mol. The van der Waals surface area contributed by atoms with E-state index >= 15 is 0 Å². The third-order valence-corrected chi connectivity index (χ3v) is 4.95. The smallest absolute Gasteiger partial charge is 0.131 e. The molecule has 4 heteroatoms. The Morgan fingerprint density at radius 1 is 1.40 bits per heavy atom. The quantitative estimate of drug-likeness (QED) is 0.882. The van der Waals surface area contributed by atoms with Gasteiger partial charge in [-0.15, -0.1) is 11.3 Å². The summed E-state index contributed by atoms with van der Waals surface area (Å²) < 4.78 is 13.9. The SMILES string of the molecule is CC(NC1CCCc2sccc21)c1ccc(O)cc1F. The van der Waals surface area contributed by atoms with E-state index in [0.29, 0.717) is 11.6 Å². The molecule has 1 aromatic heterocycles. The zero-order valence-corrected chi connectivity index (χ0v) is 12.2. The van der Waals surface area contributed by atoms with E-state index in [1.165, 1.54) is 29.0 Å². The average molecular weight is 291 g/mol. The lowest BCUT2D eigenvalue weighted by Gasteiger charge is -2.27. The fourth-order valence-corrected chi connectivity index (χ4v) is 3.91. The van der Waals surface area contributed by atoms with Crippen molar-refractivity contribution >= 4 is 11.3 Å². The number of phenolic OH excluding ortho intramolecular Hbond substituents is 1. The van der Waals surface area contributed by atoms with Crippen LogP contribution in [0.5, 0.6) is 5.75 Å². The van der Waals surface area contributed by atoms with Crippen LogP contribution in [-0.4, -0.2) is 5.11 Å². The van der Waals surface area contributed by atoms with Gasteiger partial charge in [-0.1, -0.05) is 6.07 Å². The highest BCUT2D eigenvalue weighted by Gasteiger charge is 2.23. The van der Waals surface area contributed by atoms with Gasteiger partial charge in [0.15, 0.2) is 0 Å². The number of hydrogen-bond acceptors (Lipinski definition) is 3. The van der Waals surface area contributed by atoms with Gasteiger partial charge in [-0.2, -0.15) is 0 Å². The molecule has 0 spiro atoms. The first-order valence-electron chi connectivity index (χ1n) is 6.96. The summed E-state index contributed by atoms with van der Waals surface area (Å²) in [7, 11) is 0. The highest BCUT2D eigenvalue weighted by atomic mass is 32.1. The fraction of sp³-hybridized carbons (Fsp3) is 0.375. The van der Waals surface area contributed by atoms with Gasteiger partial charge in [0, 0.05) is 28.6 Å². The van der Waals surface area contributed by atoms with Crippen LogP contribution in [0, 0.1) is 5.82 Å². The number of phenols is 1. The van der Waals surface area contributed by atoms with Crippen LogP contribution in [0.3, 0.4) is 0 Å². The molecule has 1 aliphatic carbocycles. The summed E-state index contributed by atoms with van der Waals surface area (Å²) in [6.45, 7) is 1.97. The molecule has 0 aliphatic heterocycles. The van der Waals surface area contributed by atoms with Gasteiger partial charge in [0.1, 0.15) is 11.6 Å². The normalized spacial score (nSPS) is 19.6. The number of fused-ring (bicyclic) bond motifs is 1. The first-order chi connectivity index (χ1) is 9.65. The predicted octanol–water partition coefficient (Wildman–Crippen LogP) is 4.32. The van der Waals surface area contributed by atoms with Crippen molar-refractivity contribution < 1.29 is 9.50 Å². The number of thiophene rings is 1. The van der Waals surface area contributed by atoms with E-state index in [2.05, 4.69) is 16.8 Å². The number of rotatable bonds is 3. The number of hydrogen-bond donors (Lipinski definition) is 2. The molecule has 2 unspecified atom stereocenters. The van der Waals surface area contributed by atoms with Crippen LogP contribution in [0.1, 0.15) is 47.9 Å². The van der Waals surface area contributed by atoms with Crippen molar-refractivity contribution in [3.8, 4) is 5.75 Å². The molecule has 1 heterocycles. The van der Waals surface area contributed by atoms with Crippen molar-refractivity contribution in [1.82, 2.24) is 5.32 Å². The highest BCUT2D eigenvalue weighted by Crippen LogP contribution is 2.35. The van der Waals surface area contributed by atoms with Crippen molar-refractivity contribution in [3.63, 3.8) is 0 Å². The first kappa shape index (κ1) is 13.6. The minimum Gasteiger partial charge on any atom is -0.508 e. The Hall–Kier alpha value is -1.39. The summed E-state index contributed by atoms with van der Waals surface area (Å²) in [6.07, 6.45) is 3.43. The summed E-state index contributed by atoms with van der Waals surface area (Å²) in [6, 6.07) is 6.76. The van der Waals surface area contributed by atoms with Crippen molar-refractivity contribution in [2.45, 2.75) is 38.3 Å². The Morgan fingerprint density at radius 2 is 2.25 bits per heavy atom. The molecule has 1 aromatic carbocycles. The number of aromatic hydroxyl groups is 1. The average Bonchev–Trinajstić information content (AvgIpc) is 2.87. The molecule has 106 valence electrons. The second-order valence-electron chi connectivity index (χ2n) is 5.34. The van der Waals surface area contributed by atoms with Crippen LogP contribution < -0.4 is 5.32 Å². The lowest BCUT2D eigenvalue weighted by molar-refractivity contribution is 0.408. The van der Waals surface area contributed by atoms with Crippen molar-refractivity contribution in [2.75, 3.05) is 0 Å². The molecule has 0 fully saturated rings. The standard InChI is InChI=1S/C16H18FNOS/c1-10(12-6-5-11(19)9-14(12)17)18-15-3-2-4-16-13(15)7-8-20-16/h5-10,15,18-19H,2-4H2,1H3. The van der Waals surface area contributed by atoms with Crippen LogP contribution in [0.2, 0.25) is 0 Å². The first-order valence-corrected chi connectivity index (χ1v) is 7.84. The van der Waals surface area contributed by atoms with E-state index in [1.807, 2.05) is 18.3 Å². The molecule has 2 atom stereocenters. The fourth-order valence-electron chi connectivity index (χ4n) is 2.92. The minimum atomic E-state index is -0.355. The van der Waals surface area contributed by atoms with E-state index < -0.39 is 0 Å². The summed E-state index contributed by atoms with van der Waals surface area (Å²) in [5.74, 6) is -0.386. The van der Waals surface area contributed by atoms with E-state index in [1.54, 1.807) is 6.07 Å². The van der Waals surface area contributed by atoms with Crippen LogP contribution in [0.15, 0.2) is 29.6 Å². The number of aryl methyl sites for hydroxylation is 1. The lowest BCUT2D eigenvalue weighted by atomic mass is 9.93. The van der Waals surface area contributed by atoms with Gasteiger partial charge < -0.3 is 10.4 Å². The molecule has 1 aliphatic rings. The van der Waals surface area contributed by atoms with Gasteiger partial charge in [-0.3, -0.25) is 0 Å². The van der Waals surface area contributed by atoms with Crippen LogP contribution in [0.25, 0.3) is 0 Å². The van der Waals surface area contributed by atoms with Crippen molar-refractivity contribution in [2.24, 2.45) is 0 Å². The Balaban J connectivity index is 1.79. The Bertz CT molecular complexity index is 610. The van der Waals surface area contributed by atoms with Crippen LogP contribution in [-0.2, 0) is 6.42 Å². The van der Waals surface area contributed by atoms with Crippen LogP contribution >= 0.6 is 11.3 Å². The Labute approximate surface area is 122 Å². The Morgan fingerprint density at radius 3 is 3.05 bits per heavy atom. The summed E-state index contributed by atoms with van der Waals surface area (Å²) >= 11 is 1.81. The molecular weight excluding hydrogens is 273 g/mol. The van der Waals surface area contributed by atoms with Crippen LogP contribution in [0.4, 0.5) is 4.39 Å². The van der Waals surface area contributed by atoms with E-state index in [-0.39, 0.29) is 17.6 Å². The van der Waals surface area contributed by atoms with Gasteiger partial charge >= 0.3 is 0 Å². The molecule has 0 saturated heterocycles. The molecule has 2 N–H and O–H groups in total. The molecule has 3 rings (SSSR count). The van der Waals surface area contributed by atoms with Gasteiger partial charge in [-0.25, -0.2) is 4.39 Å². The lowest BCUT2D eigenvalue weighted by Crippen LogP contribution is -2.27. The second kappa shape index (κ2) is 5.54. The van der Waals surface area contributed by atoms with Gasteiger partial charge in [0.2, 0.25) is 0 Å². The summed E-state index contributed by atoms with van der Waals surface area (Å²) in [4.78, 5) is 1.45. The van der Waals surface area contributed by atoms with E-state index in [0.717, 1.165) is 12.8 Å². The molecular formula is C16H18FNOS. The zero-order chi connectivity index (χ0) is 14.1. The van der Waals surface area contributed by atoms with Crippen molar-refractivity contribution in [1.29, 1.82) is 0 Å². The maximum Gasteiger partial charge on any atom is 0.131 e. The molecule has 0 amide bonds. The number of halogens is 1. The zero-order valence-electron chi connectivity index (χ0n) is 11.4. The van der Waals surface area contributed by atoms with E-state index in [9.17, 15) is 9.50 Å². The third kappa shape index (κ3) is 2.58. The third-order valence-electron chi connectivity index (χ3n) is 3.95. The molecule has 2 aromatic rings. The molecule has 0 bridgehead atoms. The highest BCUT2D eigenvalue weighted by molar-refractivity contribution is 7.10. The van der Waals surface area contributed by atoms with Crippen molar-refractivity contribution in [3.05, 3.63) is 51.5 Å². The topological polar surface area (TPSA) is 32.3 Å². The van der Waals surface area contributed by atoms with Gasteiger partial charge in [0.05, 0.1) is 0 Å². The van der Waals surface area contributed by atoms with Gasteiger partial charge in [0.25, 0.3) is 0 Å². The maximum absolute atomic E-state index is 13.9. The molecule has 0 radical (unpaired) electrons. The molecule has 0 saturated carbocycles. The van der Waals surface area contributed by atoms with E-state index in [4.69, 9.17) is 0 Å². The molecule has 2 nitrogen and oxygen atoms in total. The largest absolute Gasteiger partial charge is 0.508 e. The molecule has 20 heavy (non-hydrogen) atoms. The Kier molecular flexibility index (Phi) is 3.76. The summed E-state index contributed by atoms with van der Waals surface area (Å²) in [5.41, 5.74) is 1.97. The number of nitrogens with one attached hydrogen (secondary N) is 1. The van der Waals surface area contributed by atoms with Gasteiger partial charge in [-0.05, 0) is 49.3 Å².